The number of aryl methyl sites for hydroxylation is 1. The number of alkyl halides is 2. The molecule has 8 nitrogen and oxygen atoms in total. The summed E-state index contributed by atoms with van der Waals surface area (Å²) in [7, 11) is 1.28. The highest BCUT2D eigenvalue weighted by Gasteiger charge is 2.33. The van der Waals surface area contributed by atoms with Crippen LogP contribution in [-0.2, 0) is 15.4 Å². The van der Waals surface area contributed by atoms with Crippen LogP contribution in [0.1, 0.15) is 67.9 Å². The van der Waals surface area contributed by atoms with Crippen LogP contribution < -0.4 is 4.74 Å². The molecule has 2 aromatic rings. The number of amides is 1. The summed E-state index contributed by atoms with van der Waals surface area (Å²) in [5.74, 6) is -3.16. The van der Waals surface area contributed by atoms with E-state index in [1.165, 1.54) is 25.4 Å². The minimum Gasteiger partial charge on any atom is -0.483 e. The first-order chi connectivity index (χ1) is 17.7. The molecule has 1 unspecified atom stereocenters. The summed E-state index contributed by atoms with van der Waals surface area (Å²) in [6.07, 6.45) is 0.457. The SMILES string of the molecule is COC(=O)c1ncc(OC(CN2CCN(C(=O)OC(C)(C)C)[C@H](C)C2)c2cccc(C(C)(F)F)c2)cc1C. The lowest BCUT2D eigenvalue weighted by molar-refractivity contribution is -0.00301. The van der Waals surface area contributed by atoms with Crippen molar-refractivity contribution in [3.8, 4) is 5.75 Å². The lowest BCUT2D eigenvalue weighted by atomic mass is 10.0. The van der Waals surface area contributed by atoms with Crippen molar-refractivity contribution in [1.82, 2.24) is 14.8 Å². The molecule has 1 amide bonds. The van der Waals surface area contributed by atoms with Gasteiger partial charge in [-0.25, -0.2) is 23.4 Å². The van der Waals surface area contributed by atoms with Crippen LogP contribution in [-0.4, -0.2) is 71.8 Å². The summed E-state index contributed by atoms with van der Waals surface area (Å²) < 4.78 is 44.8. The molecule has 0 N–H and O–H groups in total. The molecule has 1 saturated heterocycles. The molecule has 1 fully saturated rings. The summed E-state index contributed by atoms with van der Waals surface area (Å²) in [5, 5.41) is 0. The molecule has 2 atom stereocenters. The van der Waals surface area contributed by atoms with E-state index in [1.807, 2.05) is 27.7 Å². The minimum atomic E-state index is -3.01. The summed E-state index contributed by atoms with van der Waals surface area (Å²) in [6, 6.07) is 7.74. The topological polar surface area (TPSA) is 81.2 Å². The predicted molar refractivity (Wildman–Crippen MR) is 139 cm³/mol. The monoisotopic (exact) mass is 533 g/mol. The number of nitrogens with zero attached hydrogens (tertiary/aromatic N) is 3. The smallest absolute Gasteiger partial charge is 0.410 e. The Morgan fingerprint density at radius 3 is 2.45 bits per heavy atom. The van der Waals surface area contributed by atoms with Gasteiger partial charge in [0, 0.05) is 44.7 Å². The van der Waals surface area contributed by atoms with E-state index >= 15 is 0 Å². The Bertz CT molecular complexity index is 1150. The molecule has 0 saturated carbocycles. The van der Waals surface area contributed by atoms with Gasteiger partial charge in [-0.15, -0.1) is 0 Å². The van der Waals surface area contributed by atoms with Crippen molar-refractivity contribution in [2.45, 2.75) is 65.2 Å². The average molecular weight is 534 g/mol. The van der Waals surface area contributed by atoms with Gasteiger partial charge < -0.3 is 19.1 Å². The number of ether oxygens (including phenoxy) is 3. The van der Waals surface area contributed by atoms with Gasteiger partial charge in [0.25, 0.3) is 5.92 Å². The van der Waals surface area contributed by atoms with Crippen LogP contribution in [0.3, 0.4) is 0 Å². The number of pyridine rings is 1. The fraction of sp³-hybridized carbons (Fsp3) is 0.536. The normalized spacial score (nSPS) is 17.6. The van der Waals surface area contributed by atoms with Crippen LogP contribution in [0.5, 0.6) is 5.75 Å². The number of piperazine rings is 1. The van der Waals surface area contributed by atoms with Crippen molar-refractivity contribution in [2.75, 3.05) is 33.3 Å². The van der Waals surface area contributed by atoms with Crippen LogP contribution in [0.2, 0.25) is 0 Å². The zero-order chi connectivity index (χ0) is 28.3. The molecule has 1 aliphatic rings. The number of carbonyl (C=O) groups is 2. The number of halogens is 2. The molecule has 1 aliphatic heterocycles. The van der Waals surface area contributed by atoms with Gasteiger partial charge in [0.1, 0.15) is 17.5 Å². The molecule has 0 radical (unpaired) electrons. The Labute approximate surface area is 222 Å². The Morgan fingerprint density at radius 2 is 1.87 bits per heavy atom. The Morgan fingerprint density at radius 1 is 1.16 bits per heavy atom. The van der Waals surface area contributed by atoms with Crippen molar-refractivity contribution in [3.63, 3.8) is 0 Å². The number of aromatic nitrogens is 1. The second-order valence-corrected chi connectivity index (χ2v) is 10.7. The third kappa shape index (κ3) is 7.63. The number of methoxy groups -OCH3 is 1. The molecule has 0 aliphatic carbocycles. The predicted octanol–water partition coefficient (Wildman–Crippen LogP) is 5.35. The van der Waals surface area contributed by atoms with Crippen molar-refractivity contribution < 1.29 is 32.6 Å². The highest BCUT2D eigenvalue weighted by Crippen LogP contribution is 2.31. The maximum absolute atomic E-state index is 14.1. The molecule has 3 rings (SSSR count). The van der Waals surface area contributed by atoms with Crippen LogP contribution in [0.25, 0.3) is 0 Å². The first kappa shape index (κ1) is 29.3. The van der Waals surface area contributed by atoms with Crippen LogP contribution in [0.4, 0.5) is 13.6 Å². The Balaban J connectivity index is 1.83. The van der Waals surface area contributed by atoms with E-state index in [4.69, 9.17) is 14.2 Å². The van der Waals surface area contributed by atoms with Crippen molar-refractivity contribution in [3.05, 3.63) is 58.9 Å². The van der Waals surface area contributed by atoms with Gasteiger partial charge in [0.2, 0.25) is 0 Å². The molecule has 2 heterocycles. The maximum atomic E-state index is 14.1. The average Bonchev–Trinajstić information content (AvgIpc) is 2.81. The van der Waals surface area contributed by atoms with Gasteiger partial charge >= 0.3 is 12.1 Å². The number of benzene rings is 1. The molecule has 0 spiro atoms. The zero-order valence-corrected chi connectivity index (χ0v) is 23.1. The Hall–Kier alpha value is -3.27. The van der Waals surface area contributed by atoms with E-state index < -0.39 is 23.6 Å². The third-order valence-electron chi connectivity index (χ3n) is 6.24. The van der Waals surface area contributed by atoms with Gasteiger partial charge in [-0.2, -0.15) is 0 Å². The van der Waals surface area contributed by atoms with Crippen LogP contribution in [0, 0.1) is 6.92 Å². The number of hydrogen-bond donors (Lipinski definition) is 0. The molecular formula is C28H37F2N3O5. The first-order valence-corrected chi connectivity index (χ1v) is 12.6. The third-order valence-corrected chi connectivity index (χ3v) is 6.24. The number of rotatable bonds is 7. The summed E-state index contributed by atoms with van der Waals surface area (Å²) >= 11 is 0. The van der Waals surface area contributed by atoms with Crippen molar-refractivity contribution in [2.24, 2.45) is 0 Å². The molecule has 10 heteroatoms. The summed E-state index contributed by atoms with van der Waals surface area (Å²) in [6.45, 7) is 12.0. The van der Waals surface area contributed by atoms with E-state index in [2.05, 4.69) is 9.88 Å². The largest absolute Gasteiger partial charge is 0.483 e. The van der Waals surface area contributed by atoms with Crippen LogP contribution >= 0.6 is 0 Å². The fourth-order valence-corrected chi connectivity index (χ4v) is 4.34. The summed E-state index contributed by atoms with van der Waals surface area (Å²) in [5.41, 5.74) is 0.634. The van der Waals surface area contributed by atoms with Gasteiger partial charge in [-0.1, -0.05) is 18.2 Å². The standard InChI is InChI=1S/C28H37F2N3O5/c1-18-13-22(15-31-24(18)25(34)36-7)37-23(20-9-8-10-21(14-20)28(6,29)30)17-32-11-12-33(19(2)16-32)26(35)38-27(3,4)5/h8-10,13-15,19,23H,11-12,16-17H2,1-7H3/t19-,23?/m1/s1. The quantitative estimate of drug-likeness (QED) is 0.444. The van der Waals surface area contributed by atoms with Crippen molar-refractivity contribution in [1.29, 1.82) is 0 Å². The molecule has 1 aromatic heterocycles. The van der Waals surface area contributed by atoms with E-state index in [9.17, 15) is 18.4 Å². The Kier molecular flexibility index (Phi) is 8.97. The number of hydrogen-bond acceptors (Lipinski definition) is 7. The summed E-state index contributed by atoms with van der Waals surface area (Å²) in [4.78, 5) is 32.6. The highest BCUT2D eigenvalue weighted by molar-refractivity contribution is 5.88. The van der Waals surface area contributed by atoms with E-state index in [0.29, 0.717) is 43.1 Å². The van der Waals surface area contributed by atoms with Gasteiger partial charge in [0.15, 0.2) is 5.69 Å². The molecule has 38 heavy (non-hydrogen) atoms. The minimum absolute atomic E-state index is 0.109. The molecule has 208 valence electrons. The molecular weight excluding hydrogens is 496 g/mol. The maximum Gasteiger partial charge on any atom is 0.410 e. The fourth-order valence-electron chi connectivity index (χ4n) is 4.34. The molecule has 1 aromatic carbocycles. The van der Waals surface area contributed by atoms with Gasteiger partial charge in [-0.3, -0.25) is 4.90 Å². The van der Waals surface area contributed by atoms with E-state index in [1.54, 1.807) is 30.0 Å². The van der Waals surface area contributed by atoms with Crippen molar-refractivity contribution >= 4 is 12.1 Å². The zero-order valence-electron chi connectivity index (χ0n) is 23.1. The lowest BCUT2D eigenvalue weighted by Crippen LogP contribution is -2.55. The van der Waals surface area contributed by atoms with Crippen LogP contribution in [0.15, 0.2) is 36.5 Å². The second-order valence-electron chi connectivity index (χ2n) is 10.7. The number of carbonyl (C=O) groups excluding carboxylic acids is 2. The van der Waals surface area contributed by atoms with Gasteiger partial charge in [0.05, 0.1) is 13.3 Å². The lowest BCUT2D eigenvalue weighted by Gasteiger charge is -2.41. The molecule has 0 bridgehead atoms. The van der Waals surface area contributed by atoms with E-state index in [-0.39, 0.29) is 23.4 Å². The first-order valence-electron chi connectivity index (χ1n) is 12.6. The highest BCUT2D eigenvalue weighted by atomic mass is 19.3. The van der Waals surface area contributed by atoms with E-state index in [0.717, 1.165) is 6.92 Å². The van der Waals surface area contributed by atoms with Gasteiger partial charge in [-0.05, 0) is 57.9 Å². The second kappa shape index (κ2) is 11.6. The number of esters is 1.